The van der Waals surface area contributed by atoms with Gasteiger partial charge < -0.3 is 0 Å². The van der Waals surface area contributed by atoms with Gasteiger partial charge >= 0.3 is 0 Å². The molecule has 1 N–H and O–H groups in total. The molecule has 0 radical (unpaired) electrons. The van der Waals surface area contributed by atoms with Crippen LogP contribution in [0.5, 0.6) is 0 Å². The third kappa shape index (κ3) is 3.81. The van der Waals surface area contributed by atoms with Crippen LogP contribution in [-0.4, -0.2) is 21.1 Å². The predicted molar refractivity (Wildman–Crippen MR) is 81.9 cm³/mol. The molecule has 2 aromatic rings. The quantitative estimate of drug-likeness (QED) is 0.877. The number of rotatable bonds is 4. The fourth-order valence-electron chi connectivity index (χ4n) is 1.62. The lowest BCUT2D eigenvalue weighted by Gasteiger charge is -2.12. The second-order valence-electron chi connectivity index (χ2n) is 4.57. The van der Waals surface area contributed by atoms with Crippen LogP contribution in [0.4, 0.5) is 5.95 Å². The highest BCUT2D eigenvalue weighted by Crippen LogP contribution is 2.25. The first-order valence-corrected chi connectivity index (χ1v) is 7.26. The Hall–Kier alpha value is -1.88. The maximum absolute atomic E-state index is 12.1. The molecule has 1 heterocycles. The van der Waals surface area contributed by atoms with Crippen molar-refractivity contribution in [2.24, 2.45) is 0 Å². The van der Waals surface area contributed by atoms with Gasteiger partial charge in [-0.25, -0.2) is 9.97 Å². The molecule has 1 atom stereocenters. The third-order valence-corrected chi connectivity index (χ3v) is 4.05. The minimum absolute atomic E-state index is 0.0978. The summed E-state index contributed by atoms with van der Waals surface area (Å²) in [5, 5.41) is 2.50. The Morgan fingerprint density at radius 3 is 2.55 bits per heavy atom. The highest BCUT2D eigenvalue weighted by molar-refractivity contribution is 8.00. The lowest BCUT2D eigenvalue weighted by Crippen LogP contribution is -2.23. The van der Waals surface area contributed by atoms with E-state index in [0.29, 0.717) is 5.95 Å². The second-order valence-corrected chi connectivity index (χ2v) is 5.98. The zero-order valence-corrected chi connectivity index (χ0v) is 12.6. The van der Waals surface area contributed by atoms with Crippen LogP contribution < -0.4 is 5.32 Å². The van der Waals surface area contributed by atoms with Crippen LogP contribution in [0.25, 0.3) is 0 Å². The van der Waals surface area contributed by atoms with Gasteiger partial charge in [0.05, 0.1) is 5.25 Å². The van der Waals surface area contributed by atoms with E-state index in [1.54, 1.807) is 18.5 Å². The lowest BCUT2D eigenvalue weighted by atomic mass is 10.1. The van der Waals surface area contributed by atoms with Crippen LogP contribution in [0.2, 0.25) is 0 Å². The molecule has 0 spiro atoms. The number of carbonyl (C=O) groups is 1. The number of anilines is 1. The first-order valence-electron chi connectivity index (χ1n) is 6.38. The van der Waals surface area contributed by atoms with Gasteiger partial charge in [0.15, 0.2) is 0 Å². The van der Waals surface area contributed by atoms with Crippen molar-refractivity contribution >= 4 is 23.6 Å². The van der Waals surface area contributed by atoms with Crippen LogP contribution in [0.3, 0.4) is 0 Å². The minimum Gasteiger partial charge on any atom is -0.294 e. The zero-order valence-electron chi connectivity index (χ0n) is 11.8. The molecule has 1 amide bonds. The number of benzene rings is 1. The summed E-state index contributed by atoms with van der Waals surface area (Å²) in [4.78, 5) is 21.1. The Kier molecular flexibility index (Phi) is 4.74. The van der Waals surface area contributed by atoms with Crippen LogP contribution in [0.15, 0.2) is 41.6 Å². The maximum Gasteiger partial charge on any atom is 0.239 e. The predicted octanol–water partition coefficient (Wildman–Crippen LogP) is 3.21. The summed E-state index contributed by atoms with van der Waals surface area (Å²) in [6, 6.07) is 7.92. The molecular weight excluding hydrogens is 270 g/mol. The second kappa shape index (κ2) is 6.52. The fourth-order valence-corrected chi connectivity index (χ4v) is 2.59. The first-order chi connectivity index (χ1) is 9.56. The van der Waals surface area contributed by atoms with Gasteiger partial charge in [-0.3, -0.25) is 10.1 Å². The van der Waals surface area contributed by atoms with E-state index in [4.69, 9.17) is 0 Å². The molecule has 1 unspecified atom stereocenters. The van der Waals surface area contributed by atoms with Crippen molar-refractivity contribution in [2.75, 3.05) is 5.32 Å². The number of aryl methyl sites for hydroxylation is 2. The first kappa shape index (κ1) is 14.5. The molecule has 4 nitrogen and oxygen atoms in total. The molecule has 5 heteroatoms. The SMILES string of the molecule is Cc1ccc(SC(C)C(=O)Nc2ncccn2)cc1C. The Labute approximate surface area is 123 Å². The Morgan fingerprint density at radius 1 is 1.20 bits per heavy atom. The number of hydrogen-bond donors (Lipinski definition) is 1. The van der Waals surface area contributed by atoms with E-state index in [1.165, 1.54) is 22.9 Å². The van der Waals surface area contributed by atoms with Crippen molar-refractivity contribution < 1.29 is 4.79 Å². The number of nitrogens with zero attached hydrogens (tertiary/aromatic N) is 2. The van der Waals surface area contributed by atoms with Crippen LogP contribution in [0.1, 0.15) is 18.1 Å². The fraction of sp³-hybridized carbons (Fsp3) is 0.267. The largest absolute Gasteiger partial charge is 0.294 e. The molecular formula is C15H17N3OS. The van der Waals surface area contributed by atoms with Gasteiger partial charge in [0.25, 0.3) is 0 Å². The molecule has 1 aromatic carbocycles. The third-order valence-electron chi connectivity index (χ3n) is 2.96. The van der Waals surface area contributed by atoms with E-state index in [0.717, 1.165) is 4.90 Å². The summed E-state index contributed by atoms with van der Waals surface area (Å²) in [6.45, 7) is 6.02. The van der Waals surface area contributed by atoms with Crippen molar-refractivity contribution in [3.8, 4) is 0 Å². The smallest absolute Gasteiger partial charge is 0.239 e. The highest BCUT2D eigenvalue weighted by Gasteiger charge is 2.15. The van der Waals surface area contributed by atoms with E-state index in [2.05, 4.69) is 41.3 Å². The summed E-state index contributed by atoms with van der Waals surface area (Å²) in [5.41, 5.74) is 2.48. The van der Waals surface area contributed by atoms with E-state index >= 15 is 0 Å². The monoisotopic (exact) mass is 287 g/mol. The van der Waals surface area contributed by atoms with Crippen LogP contribution in [0, 0.1) is 13.8 Å². The van der Waals surface area contributed by atoms with Crippen molar-refractivity contribution in [3.63, 3.8) is 0 Å². The molecule has 0 aliphatic heterocycles. The molecule has 2 rings (SSSR count). The average molecular weight is 287 g/mol. The number of amides is 1. The summed E-state index contributed by atoms with van der Waals surface area (Å²) in [7, 11) is 0. The Bertz CT molecular complexity index is 601. The average Bonchev–Trinajstić information content (AvgIpc) is 2.44. The van der Waals surface area contributed by atoms with E-state index < -0.39 is 0 Å². The highest BCUT2D eigenvalue weighted by atomic mass is 32.2. The molecule has 0 aliphatic rings. The number of carbonyl (C=O) groups excluding carboxylic acids is 1. The maximum atomic E-state index is 12.1. The molecule has 1 aromatic heterocycles. The van der Waals surface area contributed by atoms with Gasteiger partial charge in [-0.15, -0.1) is 11.8 Å². The lowest BCUT2D eigenvalue weighted by molar-refractivity contribution is -0.115. The van der Waals surface area contributed by atoms with Crippen molar-refractivity contribution in [2.45, 2.75) is 30.9 Å². The number of aromatic nitrogens is 2. The summed E-state index contributed by atoms with van der Waals surface area (Å²) >= 11 is 1.53. The van der Waals surface area contributed by atoms with Crippen molar-refractivity contribution in [1.29, 1.82) is 0 Å². The van der Waals surface area contributed by atoms with Gasteiger partial charge in [0, 0.05) is 17.3 Å². The number of hydrogen-bond acceptors (Lipinski definition) is 4. The van der Waals surface area contributed by atoms with Crippen LogP contribution in [-0.2, 0) is 4.79 Å². The molecule has 0 fully saturated rings. The van der Waals surface area contributed by atoms with Crippen molar-refractivity contribution in [3.05, 3.63) is 47.8 Å². The zero-order chi connectivity index (χ0) is 14.5. The van der Waals surface area contributed by atoms with E-state index in [1.807, 2.05) is 13.0 Å². The molecule has 0 aliphatic carbocycles. The molecule has 0 bridgehead atoms. The molecule has 20 heavy (non-hydrogen) atoms. The summed E-state index contributed by atoms with van der Waals surface area (Å²) in [6.07, 6.45) is 3.20. The van der Waals surface area contributed by atoms with Crippen molar-refractivity contribution in [1.82, 2.24) is 9.97 Å². The summed E-state index contributed by atoms with van der Waals surface area (Å²) in [5.74, 6) is 0.240. The molecule has 104 valence electrons. The van der Waals surface area contributed by atoms with Gasteiger partial charge in [0.1, 0.15) is 0 Å². The van der Waals surface area contributed by atoms with E-state index in [9.17, 15) is 4.79 Å². The normalized spacial score (nSPS) is 11.9. The minimum atomic E-state index is -0.207. The number of nitrogens with one attached hydrogen (secondary N) is 1. The van der Waals surface area contributed by atoms with E-state index in [-0.39, 0.29) is 11.2 Å². The topological polar surface area (TPSA) is 54.9 Å². The van der Waals surface area contributed by atoms with Gasteiger partial charge in [-0.05, 0) is 50.1 Å². The van der Waals surface area contributed by atoms with Crippen LogP contribution >= 0.6 is 11.8 Å². The number of thioether (sulfide) groups is 1. The molecule has 0 saturated carbocycles. The van der Waals surface area contributed by atoms with Gasteiger partial charge in [0.2, 0.25) is 11.9 Å². The molecule has 0 saturated heterocycles. The Balaban J connectivity index is 1.98. The van der Waals surface area contributed by atoms with Gasteiger partial charge in [-0.2, -0.15) is 0 Å². The standard InChI is InChI=1S/C15H17N3OS/c1-10-5-6-13(9-11(10)2)20-12(3)14(19)18-15-16-7-4-8-17-15/h4-9,12H,1-3H3,(H,16,17,18,19). The van der Waals surface area contributed by atoms with Gasteiger partial charge in [-0.1, -0.05) is 6.07 Å². The summed E-state index contributed by atoms with van der Waals surface area (Å²) < 4.78 is 0. The Morgan fingerprint density at radius 2 is 1.90 bits per heavy atom.